The van der Waals surface area contributed by atoms with E-state index in [1.54, 1.807) is 22.7 Å². The summed E-state index contributed by atoms with van der Waals surface area (Å²) in [5.74, 6) is 0.833. The summed E-state index contributed by atoms with van der Waals surface area (Å²) in [4.78, 5) is 13.0. The maximum absolute atomic E-state index is 6.39. The van der Waals surface area contributed by atoms with Crippen LogP contribution in [-0.4, -0.2) is 9.97 Å². The molecule has 0 unspecified atom stereocenters. The predicted octanol–water partition coefficient (Wildman–Crippen LogP) is 4.49. The van der Waals surface area contributed by atoms with Crippen molar-refractivity contribution in [1.82, 2.24) is 9.97 Å². The molecule has 0 bridgehead atoms. The lowest BCUT2D eigenvalue weighted by atomic mass is 10.2. The first-order chi connectivity index (χ1) is 9.31. The van der Waals surface area contributed by atoms with Gasteiger partial charge in [0.05, 0.1) is 5.39 Å². The van der Waals surface area contributed by atoms with Crippen LogP contribution in [0.15, 0.2) is 17.5 Å². The molecule has 2 nitrogen and oxygen atoms in total. The van der Waals surface area contributed by atoms with Crippen LogP contribution in [0.2, 0.25) is 5.15 Å². The number of nitrogens with zero attached hydrogens (tertiary/aromatic N) is 2. The van der Waals surface area contributed by atoms with Crippen LogP contribution in [0.25, 0.3) is 10.2 Å². The van der Waals surface area contributed by atoms with Crippen LogP contribution in [0.1, 0.15) is 27.6 Å². The van der Waals surface area contributed by atoms with Gasteiger partial charge in [0.1, 0.15) is 15.8 Å². The molecule has 0 amide bonds. The highest BCUT2D eigenvalue weighted by atomic mass is 35.5. The number of hydrogen-bond acceptors (Lipinski definition) is 4. The van der Waals surface area contributed by atoms with Crippen LogP contribution in [0, 0.1) is 0 Å². The van der Waals surface area contributed by atoms with Crippen molar-refractivity contribution < 1.29 is 0 Å². The highest BCUT2D eigenvalue weighted by Crippen LogP contribution is 2.39. The molecule has 3 heterocycles. The molecule has 3 aromatic rings. The molecule has 0 N–H and O–H groups in total. The summed E-state index contributed by atoms with van der Waals surface area (Å²) in [6.07, 6.45) is 4.32. The second-order valence-corrected chi connectivity index (χ2v) is 7.20. The molecular formula is C14H11ClN2S2. The maximum Gasteiger partial charge on any atom is 0.141 e. The molecular weight excluding hydrogens is 296 g/mol. The summed E-state index contributed by atoms with van der Waals surface area (Å²) < 4.78 is 0. The summed E-state index contributed by atoms with van der Waals surface area (Å²) in [5, 5.41) is 3.82. The second kappa shape index (κ2) is 4.54. The predicted molar refractivity (Wildman–Crippen MR) is 81.6 cm³/mol. The standard InChI is InChI=1S/C14H11ClN2S2/c15-13-12-9-4-1-5-10(9)19-14(12)17-11(16-13)7-8-3-2-6-18-8/h2-3,6H,1,4-5,7H2. The number of halogens is 1. The lowest BCUT2D eigenvalue weighted by molar-refractivity contribution is 0.916. The second-order valence-electron chi connectivity index (χ2n) is 4.72. The molecule has 1 aliphatic carbocycles. The normalized spacial score (nSPS) is 14.2. The molecule has 96 valence electrons. The summed E-state index contributed by atoms with van der Waals surface area (Å²) in [5.41, 5.74) is 1.40. The highest BCUT2D eigenvalue weighted by Gasteiger charge is 2.21. The van der Waals surface area contributed by atoms with Crippen LogP contribution in [0.3, 0.4) is 0 Å². The number of fused-ring (bicyclic) bond motifs is 3. The molecule has 19 heavy (non-hydrogen) atoms. The Morgan fingerprint density at radius 2 is 2.21 bits per heavy atom. The molecule has 5 heteroatoms. The topological polar surface area (TPSA) is 25.8 Å². The summed E-state index contributed by atoms with van der Waals surface area (Å²) in [7, 11) is 0. The number of hydrogen-bond donors (Lipinski definition) is 0. The van der Waals surface area contributed by atoms with Crippen molar-refractivity contribution >= 4 is 44.5 Å². The highest BCUT2D eigenvalue weighted by molar-refractivity contribution is 7.19. The third kappa shape index (κ3) is 1.98. The zero-order chi connectivity index (χ0) is 12.8. The van der Waals surface area contributed by atoms with E-state index in [-0.39, 0.29) is 0 Å². The quantitative estimate of drug-likeness (QED) is 0.652. The minimum atomic E-state index is 0.635. The minimum absolute atomic E-state index is 0.635. The van der Waals surface area contributed by atoms with Crippen LogP contribution in [0.4, 0.5) is 0 Å². The number of thiophene rings is 2. The van der Waals surface area contributed by atoms with E-state index in [9.17, 15) is 0 Å². The Bertz CT molecular complexity index is 746. The summed E-state index contributed by atoms with van der Waals surface area (Å²) in [6, 6.07) is 4.17. The number of aromatic nitrogens is 2. The molecule has 0 fully saturated rings. The number of rotatable bonds is 2. The zero-order valence-electron chi connectivity index (χ0n) is 10.1. The molecule has 0 saturated heterocycles. The monoisotopic (exact) mass is 306 g/mol. The fourth-order valence-electron chi connectivity index (χ4n) is 2.64. The molecule has 0 aliphatic heterocycles. The van der Waals surface area contributed by atoms with E-state index in [1.807, 2.05) is 0 Å². The van der Waals surface area contributed by atoms with Crippen LogP contribution < -0.4 is 0 Å². The Morgan fingerprint density at radius 3 is 3.05 bits per heavy atom. The van der Waals surface area contributed by atoms with Gasteiger partial charge in [-0.1, -0.05) is 17.7 Å². The number of aryl methyl sites for hydroxylation is 2. The van der Waals surface area contributed by atoms with Crippen molar-refractivity contribution in [3.63, 3.8) is 0 Å². The Hall–Kier alpha value is -0.970. The van der Waals surface area contributed by atoms with E-state index >= 15 is 0 Å². The van der Waals surface area contributed by atoms with Crippen molar-refractivity contribution in [3.05, 3.63) is 43.8 Å². The molecule has 4 rings (SSSR count). The molecule has 0 atom stereocenters. The Morgan fingerprint density at radius 1 is 1.26 bits per heavy atom. The first kappa shape index (κ1) is 11.8. The average molecular weight is 307 g/mol. The van der Waals surface area contributed by atoms with Crippen molar-refractivity contribution in [2.24, 2.45) is 0 Å². The fourth-order valence-corrected chi connectivity index (χ4v) is 4.98. The molecule has 0 aromatic carbocycles. The van der Waals surface area contributed by atoms with Crippen molar-refractivity contribution in [3.8, 4) is 0 Å². The first-order valence-corrected chi connectivity index (χ1v) is 8.38. The minimum Gasteiger partial charge on any atom is -0.222 e. The van der Waals surface area contributed by atoms with Crippen molar-refractivity contribution in [2.45, 2.75) is 25.7 Å². The van der Waals surface area contributed by atoms with E-state index in [2.05, 4.69) is 22.5 Å². The van der Waals surface area contributed by atoms with Gasteiger partial charge in [-0.05, 0) is 36.3 Å². The van der Waals surface area contributed by atoms with Gasteiger partial charge >= 0.3 is 0 Å². The van der Waals surface area contributed by atoms with E-state index in [0.29, 0.717) is 5.15 Å². The molecule has 1 aliphatic rings. The van der Waals surface area contributed by atoms with Gasteiger partial charge in [0.2, 0.25) is 0 Å². The largest absolute Gasteiger partial charge is 0.222 e. The van der Waals surface area contributed by atoms with Gasteiger partial charge in [-0.15, -0.1) is 22.7 Å². The average Bonchev–Trinajstić information content (AvgIpc) is 3.03. The van der Waals surface area contributed by atoms with Gasteiger partial charge in [0.15, 0.2) is 0 Å². The molecule has 0 radical (unpaired) electrons. The molecule has 0 spiro atoms. The van der Waals surface area contributed by atoms with E-state index in [4.69, 9.17) is 16.6 Å². The third-order valence-electron chi connectivity index (χ3n) is 3.48. The fraction of sp³-hybridized carbons (Fsp3) is 0.286. The van der Waals surface area contributed by atoms with Crippen molar-refractivity contribution in [1.29, 1.82) is 0 Å². The van der Waals surface area contributed by atoms with Gasteiger partial charge in [-0.2, -0.15) is 0 Å². The third-order valence-corrected chi connectivity index (χ3v) is 5.81. The lowest BCUT2D eigenvalue weighted by Crippen LogP contribution is -1.96. The zero-order valence-corrected chi connectivity index (χ0v) is 12.5. The molecule has 3 aromatic heterocycles. The van der Waals surface area contributed by atoms with Crippen LogP contribution >= 0.6 is 34.3 Å². The SMILES string of the molecule is Clc1nc(Cc2cccs2)nc2sc3c(c12)CCC3. The summed E-state index contributed by atoms with van der Waals surface area (Å²) in [6.45, 7) is 0. The van der Waals surface area contributed by atoms with E-state index in [0.717, 1.165) is 28.9 Å². The summed E-state index contributed by atoms with van der Waals surface area (Å²) >= 11 is 9.91. The Kier molecular flexibility index (Phi) is 2.83. The van der Waals surface area contributed by atoms with Gasteiger partial charge in [0.25, 0.3) is 0 Å². The molecule has 0 saturated carbocycles. The lowest BCUT2D eigenvalue weighted by Gasteiger charge is -2.01. The van der Waals surface area contributed by atoms with E-state index < -0.39 is 0 Å². The Balaban J connectivity index is 1.82. The van der Waals surface area contributed by atoms with Gasteiger partial charge < -0.3 is 0 Å². The van der Waals surface area contributed by atoms with E-state index in [1.165, 1.54) is 28.2 Å². The van der Waals surface area contributed by atoms with Crippen LogP contribution in [-0.2, 0) is 19.3 Å². The smallest absolute Gasteiger partial charge is 0.141 e. The van der Waals surface area contributed by atoms with Gasteiger partial charge in [-0.25, -0.2) is 9.97 Å². The van der Waals surface area contributed by atoms with Gasteiger partial charge in [-0.3, -0.25) is 0 Å². The Labute approximate surface area is 124 Å². The van der Waals surface area contributed by atoms with Crippen molar-refractivity contribution in [2.75, 3.05) is 0 Å². The van der Waals surface area contributed by atoms with Gasteiger partial charge in [0, 0.05) is 16.2 Å². The first-order valence-electron chi connectivity index (χ1n) is 6.30. The maximum atomic E-state index is 6.39. The van der Waals surface area contributed by atoms with Crippen LogP contribution in [0.5, 0.6) is 0 Å².